The number of carbonyl (C=O) groups excluding carboxylic acids is 1. The fraction of sp³-hybridized carbons (Fsp3) is 0.909. The molecule has 0 aromatic rings. The van der Waals surface area contributed by atoms with E-state index >= 15 is 0 Å². The van der Waals surface area contributed by atoms with Gasteiger partial charge in [0.25, 0.3) is 0 Å². The Kier molecular flexibility index (Phi) is 5.05. The van der Waals surface area contributed by atoms with Gasteiger partial charge in [0.15, 0.2) is 0 Å². The fourth-order valence-corrected chi connectivity index (χ4v) is 1.69. The highest BCUT2D eigenvalue weighted by Gasteiger charge is 2.23. The van der Waals surface area contributed by atoms with Crippen LogP contribution in [-0.4, -0.2) is 37.4 Å². The van der Waals surface area contributed by atoms with Crippen LogP contribution in [0.4, 0.5) is 0 Å². The molecule has 0 aromatic heterocycles. The standard InChI is InChI=1S/C11H21NO3/c1-4-14-11(13)9(3)12-7-10-6-5-8(2)15-10/h8-10,12H,4-7H2,1-3H3. The summed E-state index contributed by atoms with van der Waals surface area (Å²) in [6.07, 6.45) is 2.79. The van der Waals surface area contributed by atoms with Gasteiger partial charge in [-0.1, -0.05) is 0 Å². The second kappa shape index (κ2) is 6.08. The second-order valence-electron chi connectivity index (χ2n) is 4.03. The van der Waals surface area contributed by atoms with Crippen molar-refractivity contribution in [2.45, 2.75) is 51.9 Å². The van der Waals surface area contributed by atoms with Crippen LogP contribution >= 0.6 is 0 Å². The summed E-state index contributed by atoms with van der Waals surface area (Å²) in [6.45, 7) is 6.86. The molecule has 1 heterocycles. The van der Waals surface area contributed by atoms with Crippen LogP contribution in [0.15, 0.2) is 0 Å². The lowest BCUT2D eigenvalue weighted by Gasteiger charge is -2.16. The van der Waals surface area contributed by atoms with Crippen molar-refractivity contribution >= 4 is 5.97 Å². The number of carbonyl (C=O) groups is 1. The first-order valence-electron chi connectivity index (χ1n) is 5.69. The van der Waals surface area contributed by atoms with Crippen molar-refractivity contribution in [3.63, 3.8) is 0 Å². The lowest BCUT2D eigenvalue weighted by Crippen LogP contribution is -2.39. The molecule has 1 saturated heterocycles. The van der Waals surface area contributed by atoms with E-state index in [0.717, 1.165) is 19.4 Å². The molecule has 3 atom stereocenters. The lowest BCUT2D eigenvalue weighted by atomic mass is 10.2. The zero-order valence-corrected chi connectivity index (χ0v) is 9.79. The van der Waals surface area contributed by atoms with Crippen molar-refractivity contribution in [3.05, 3.63) is 0 Å². The van der Waals surface area contributed by atoms with Crippen molar-refractivity contribution in [1.82, 2.24) is 5.32 Å². The molecule has 4 heteroatoms. The summed E-state index contributed by atoms with van der Waals surface area (Å²) in [7, 11) is 0. The van der Waals surface area contributed by atoms with E-state index < -0.39 is 0 Å². The van der Waals surface area contributed by atoms with Crippen LogP contribution in [0, 0.1) is 0 Å². The van der Waals surface area contributed by atoms with E-state index in [1.165, 1.54) is 0 Å². The molecule has 0 bridgehead atoms. The van der Waals surface area contributed by atoms with Crippen molar-refractivity contribution in [2.75, 3.05) is 13.2 Å². The van der Waals surface area contributed by atoms with Gasteiger partial charge in [0, 0.05) is 6.54 Å². The van der Waals surface area contributed by atoms with Gasteiger partial charge < -0.3 is 14.8 Å². The molecule has 88 valence electrons. The Morgan fingerprint density at radius 3 is 2.87 bits per heavy atom. The highest BCUT2D eigenvalue weighted by atomic mass is 16.5. The predicted molar refractivity (Wildman–Crippen MR) is 57.7 cm³/mol. The van der Waals surface area contributed by atoms with E-state index in [9.17, 15) is 4.79 Å². The largest absolute Gasteiger partial charge is 0.465 e. The van der Waals surface area contributed by atoms with Crippen molar-refractivity contribution in [3.8, 4) is 0 Å². The molecule has 1 N–H and O–H groups in total. The van der Waals surface area contributed by atoms with Crippen LogP contribution in [0.3, 0.4) is 0 Å². The molecule has 0 aliphatic carbocycles. The van der Waals surface area contributed by atoms with Gasteiger partial charge in [-0.25, -0.2) is 0 Å². The van der Waals surface area contributed by atoms with E-state index in [0.29, 0.717) is 12.7 Å². The number of nitrogens with one attached hydrogen (secondary N) is 1. The molecular formula is C11H21NO3. The molecule has 3 unspecified atom stereocenters. The fourth-order valence-electron chi connectivity index (χ4n) is 1.69. The summed E-state index contributed by atoms with van der Waals surface area (Å²) in [5, 5.41) is 3.13. The number of hydrogen-bond acceptors (Lipinski definition) is 4. The minimum absolute atomic E-state index is 0.191. The van der Waals surface area contributed by atoms with Gasteiger partial charge >= 0.3 is 5.97 Å². The van der Waals surface area contributed by atoms with Gasteiger partial charge in [-0.05, 0) is 33.6 Å². The molecule has 1 aliphatic rings. The van der Waals surface area contributed by atoms with Crippen molar-refractivity contribution in [1.29, 1.82) is 0 Å². The summed E-state index contributed by atoms with van der Waals surface area (Å²) < 4.78 is 10.5. The van der Waals surface area contributed by atoms with E-state index in [1.54, 1.807) is 0 Å². The Labute approximate surface area is 91.3 Å². The van der Waals surface area contributed by atoms with Crippen LogP contribution in [0.2, 0.25) is 0 Å². The summed E-state index contributed by atoms with van der Waals surface area (Å²) in [5.41, 5.74) is 0. The van der Waals surface area contributed by atoms with E-state index in [4.69, 9.17) is 9.47 Å². The third-order valence-electron chi connectivity index (χ3n) is 2.61. The summed E-state index contributed by atoms with van der Waals surface area (Å²) >= 11 is 0. The number of ether oxygens (including phenoxy) is 2. The molecule has 1 aliphatic heterocycles. The molecule has 4 nitrogen and oxygen atoms in total. The smallest absolute Gasteiger partial charge is 0.322 e. The molecular weight excluding hydrogens is 194 g/mol. The van der Waals surface area contributed by atoms with Gasteiger partial charge in [0.2, 0.25) is 0 Å². The van der Waals surface area contributed by atoms with Crippen molar-refractivity contribution < 1.29 is 14.3 Å². The zero-order valence-electron chi connectivity index (χ0n) is 9.79. The lowest BCUT2D eigenvalue weighted by molar-refractivity contribution is -0.145. The number of hydrogen-bond donors (Lipinski definition) is 1. The maximum absolute atomic E-state index is 11.3. The van der Waals surface area contributed by atoms with Gasteiger partial charge in [0.05, 0.1) is 18.8 Å². The zero-order chi connectivity index (χ0) is 11.3. The average molecular weight is 215 g/mol. The van der Waals surface area contributed by atoms with Gasteiger partial charge in [0.1, 0.15) is 6.04 Å². The minimum Gasteiger partial charge on any atom is -0.465 e. The van der Waals surface area contributed by atoms with Gasteiger partial charge in [-0.15, -0.1) is 0 Å². The first kappa shape index (κ1) is 12.5. The Morgan fingerprint density at radius 1 is 1.60 bits per heavy atom. The van der Waals surface area contributed by atoms with E-state index in [-0.39, 0.29) is 18.1 Å². The molecule has 1 rings (SSSR count). The average Bonchev–Trinajstić information content (AvgIpc) is 2.61. The van der Waals surface area contributed by atoms with Crippen molar-refractivity contribution in [2.24, 2.45) is 0 Å². The summed E-state index contributed by atoms with van der Waals surface area (Å²) in [6, 6.07) is -0.246. The Hall–Kier alpha value is -0.610. The van der Waals surface area contributed by atoms with Crippen LogP contribution in [0.1, 0.15) is 33.6 Å². The predicted octanol–water partition coefficient (Wildman–Crippen LogP) is 1.10. The quantitative estimate of drug-likeness (QED) is 0.698. The maximum atomic E-state index is 11.3. The highest BCUT2D eigenvalue weighted by molar-refractivity contribution is 5.75. The van der Waals surface area contributed by atoms with Crippen LogP contribution in [0.25, 0.3) is 0 Å². The first-order valence-corrected chi connectivity index (χ1v) is 5.69. The van der Waals surface area contributed by atoms with Gasteiger partial charge in [-0.2, -0.15) is 0 Å². The van der Waals surface area contributed by atoms with Crippen LogP contribution in [0.5, 0.6) is 0 Å². The highest BCUT2D eigenvalue weighted by Crippen LogP contribution is 2.18. The molecule has 0 radical (unpaired) electrons. The Morgan fingerprint density at radius 2 is 2.33 bits per heavy atom. The summed E-state index contributed by atoms with van der Waals surface area (Å²) in [5.74, 6) is -0.191. The Bertz CT molecular complexity index is 208. The number of esters is 1. The topological polar surface area (TPSA) is 47.6 Å². The molecule has 15 heavy (non-hydrogen) atoms. The normalized spacial score (nSPS) is 27.7. The van der Waals surface area contributed by atoms with Gasteiger partial charge in [-0.3, -0.25) is 4.79 Å². The van der Waals surface area contributed by atoms with Crippen LogP contribution < -0.4 is 5.32 Å². The molecule has 1 fully saturated rings. The first-order chi connectivity index (χ1) is 7.13. The molecule has 0 aromatic carbocycles. The number of rotatable bonds is 5. The summed E-state index contributed by atoms with van der Waals surface area (Å²) in [4.78, 5) is 11.3. The van der Waals surface area contributed by atoms with Crippen LogP contribution in [-0.2, 0) is 14.3 Å². The van der Waals surface area contributed by atoms with E-state index in [1.807, 2.05) is 13.8 Å². The molecule has 0 spiro atoms. The monoisotopic (exact) mass is 215 g/mol. The second-order valence-corrected chi connectivity index (χ2v) is 4.03. The maximum Gasteiger partial charge on any atom is 0.322 e. The molecule has 0 saturated carbocycles. The Balaban J connectivity index is 2.16. The van der Waals surface area contributed by atoms with E-state index in [2.05, 4.69) is 12.2 Å². The third kappa shape index (κ3) is 4.18. The molecule has 0 amide bonds. The minimum atomic E-state index is -0.246. The SMILES string of the molecule is CCOC(=O)C(C)NCC1CCC(C)O1. The third-order valence-corrected chi connectivity index (χ3v) is 2.61.